The van der Waals surface area contributed by atoms with Crippen LogP contribution in [-0.2, 0) is 6.42 Å². The third-order valence-corrected chi connectivity index (χ3v) is 4.68. The molecular formula is C18H26N4S. The van der Waals surface area contributed by atoms with Crippen molar-refractivity contribution in [3.05, 3.63) is 40.9 Å². The molecule has 1 heterocycles. The van der Waals surface area contributed by atoms with E-state index < -0.39 is 0 Å². The van der Waals surface area contributed by atoms with Crippen LogP contribution in [0.1, 0.15) is 31.5 Å². The average molecular weight is 331 g/mol. The highest BCUT2D eigenvalue weighted by molar-refractivity contribution is 7.13. The molecule has 0 bridgehead atoms. The molecule has 1 unspecified atom stereocenters. The SMILES string of the molecule is CCC(C)NC(=NC)NCCc1csc(-c2ccc(C)cc2)n1. The number of aromatic nitrogens is 1. The minimum atomic E-state index is 0.425. The minimum absolute atomic E-state index is 0.425. The highest BCUT2D eigenvalue weighted by Gasteiger charge is 2.06. The van der Waals surface area contributed by atoms with E-state index in [-0.39, 0.29) is 0 Å². The summed E-state index contributed by atoms with van der Waals surface area (Å²) in [4.78, 5) is 8.97. The van der Waals surface area contributed by atoms with Gasteiger partial charge in [-0.15, -0.1) is 11.3 Å². The molecule has 0 amide bonds. The fourth-order valence-corrected chi connectivity index (χ4v) is 2.95. The Hall–Kier alpha value is -1.88. The second kappa shape index (κ2) is 8.67. The van der Waals surface area contributed by atoms with Crippen LogP contribution in [0, 0.1) is 6.92 Å². The summed E-state index contributed by atoms with van der Waals surface area (Å²) < 4.78 is 0. The summed E-state index contributed by atoms with van der Waals surface area (Å²) in [6, 6.07) is 8.95. The van der Waals surface area contributed by atoms with E-state index in [1.807, 2.05) is 0 Å². The first-order chi connectivity index (χ1) is 11.1. The van der Waals surface area contributed by atoms with Crippen LogP contribution >= 0.6 is 11.3 Å². The molecule has 0 spiro atoms. The van der Waals surface area contributed by atoms with Crippen LogP contribution in [0.3, 0.4) is 0 Å². The molecule has 0 fully saturated rings. The number of nitrogens with zero attached hydrogens (tertiary/aromatic N) is 2. The molecule has 0 saturated carbocycles. The second-order valence-corrected chi connectivity index (χ2v) is 6.57. The van der Waals surface area contributed by atoms with Crippen molar-refractivity contribution in [2.75, 3.05) is 13.6 Å². The fourth-order valence-electron chi connectivity index (χ4n) is 2.09. The smallest absolute Gasteiger partial charge is 0.191 e. The van der Waals surface area contributed by atoms with Gasteiger partial charge in [0.2, 0.25) is 0 Å². The summed E-state index contributed by atoms with van der Waals surface area (Å²) in [5, 5.41) is 9.93. The van der Waals surface area contributed by atoms with Crippen molar-refractivity contribution in [3.8, 4) is 10.6 Å². The van der Waals surface area contributed by atoms with Crippen molar-refractivity contribution in [1.82, 2.24) is 15.6 Å². The maximum atomic E-state index is 4.73. The van der Waals surface area contributed by atoms with Gasteiger partial charge in [-0.2, -0.15) is 0 Å². The van der Waals surface area contributed by atoms with Crippen LogP contribution in [0.25, 0.3) is 10.6 Å². The highest BCUT2D eigenvalue weighted by atomic mass is 32.1. The number of aryl methyl sites for hydroxylation is 1. The van der Waals surface area contributed by atoms with E-state index in [0.717, 1.165) is 36.0 Å². The Morgan fingerprint density at radius 2 is 2.04 bits per heavy atom. The number of hydrogen-bond donors (Lipinski definition) is 2. The molecule has 0 radical (unpaired) electrons. The molecule has 0 aliphatic carbocycles. The molecule has 1 aromatic heterocycles. The van der Waals surface area contributed by atoms with E-state index in [4.69, 9.17) is 4.98 Å². The van der Waals surface area contributed by atoms with Crippen molar-refractivity contribution in [2.45, 2.75) is 39.7 Å². The van der Waals surface area contributed by atoms with Gasteiger partial charge in [0.05, 0.1) is 5.69 Å². The normalized spacial score (nSPS) is 13.0. The summed E-state index contributed by atoms with van der Waals surface area (Å²) in [5.41, 5.74) is 3.58. The maximum Gasteiger partial charge on any atom is 0.191 e. The van der Waals surface area contributed by atoms with Crippen LogP contribution in [0.15, 0.2) is 34.6 Å². The van der Waals surface area contributed by atoms with E-state index in [1.54, 1.807) is 18.4 Å². The van der Waals surface area contributed by atoms with Crippen molar-refractivity contribution in [3.63, 3.8) is 0 Å². The van der Waals surface area contributed by atoms with Gasteiger partial charge in [0.1, 0.15) is 5.01 Å². The lowest BCUT2D eigenvalue weighted by molar-refractivity contribution is 0.624. The van der Waals surface area contributed by atoms with E-state index in [1.165, 1.54) is 11.1 Å². The lowest BCUT2D eigenvalue weighted by Gasteiger charge is -2.16. The van der Waals surface area contributed by atoms with Gasteiger partial charge >= 0.3 is 0 Å². The zero-order valence-electron chi connectivity index (χ0n) is 14.4. The average Bonchev–Trinajstić information content (AvgIpc) is 3.03. The van der Waals surface area contributed by atoms with Crippen molar-refractivity contribution >= 4 is 17.3 Å². The van der Waals surface area contributed by atoms with E-state index in [9.17, 15) is 0 Å². The van der Waals surface area contributed by atoms with Gasteiger partial charge in [-0.25, -0.2) is 4.98 Å². The molecule has 0 aliphatic rings. The number of aliphatic imine (C=N–C) groups is 1. The Morgan fingerprint density at radius 1 is 1.30 bits per heavy atom. The van der Waals surface area contributed by atoms with Gasteiger partial charge < -0.3 is 10.6 Å². The van der Waals surface area contributed by atoms with Gasteiger partial charge in [0.25, 0.3) is 0 Å². The van der Waals surface area contributed by atoms with Crippen LogP contribution < -0.4 is 10.6 Å². The Bertz CT molecular complexity index is 631. The molecular weight excluding hydrogens is 304 g/mol. The standard InChI is InChI=1S/C18H26N4S/c1-5-14(3)21-18(19-4)20-11-10-16-12-23-17(22-16)15-8-6-13(2)7-9-15/h6-9,12,14H,5,10-11H2,1-4H3,(H2,19,20,21). The highest BCUT2D eigenvalue weighted by Crippen LogP contribution is 2.24. The molecule has 2 rings (SSSR count). The Labute approximate surface area is 143 Å². The number of nitrogens with one attached hydrogen (secondary N) is 2. The monoisotopic (exact) mass is 330 g/mol. The Kier molecular flexibility index (Phi) is 6.59. The number of thiazole rings is 1. The molecule has 4 nitrogen and oxygen atoms in total. The summed E-state index contributed by atoms with van der Waals surface area (Å²) in [7, 11) is 1.80. The fraction of sp³-hybridized carbons (Fsp3) is 0.444. The van der Waals surface area contributed by atoms with Crippen LogP contribution in [-0.4, -0.2) is 30.6 Å². The molecule has 23 heavy (non-hydrogen) atoms. The number of hydrogen-bond acceptors (Lipinski definition) is 3. The number of rotatable bonds is 6. The summed E-state index contributed by atoms with van der Waals surface area (Å²) in [6.45, 7) is 7.24. The summed E-state index contributed by atoms with van der Waals surface area (Å²) in [5.74, 6) is 0.855. The lowest BCUT2D eigenvalue weighted by Crippen LogP contribution is -2.42. The predicted molar refractivity (Wildman–Crippen MR) is 100 cm³/mol. The quantitative estimate of drug-likeness (QED) is 0.628. The Morgan fingerprint density at radius 3 is 2.70 bits per heavy atom. The molecule has 2 aromatic rings. The van der Waals surface area contributed by atoms with Crippen LogP contribution in [0.4, 0.5) is 0 Å². The van der Waals surface area contributed by atoms with Gasteiger partial charge in [-0.3, -0.25) is 4.99 Å². The van der Waals surface area contributed by atoms with E-state index in [2.05, 4.69) is 66.0 Å². The molecule has 1 atom stereocenters. The second-order valence-electron chi connectivity index (χ2n) is 5.71. The molecule has 0 aliphatic heterocycles. The van der Waals surface area contributed by atoms with Crippen molar-refractivity contribution < 1.29 is 0 Å². The first-order valence-electron chi connectivity index (χ1n) is 8.11. The molecule has 124 valence electrons. The summed E-state index contributed by atoms with van der Waals surface area (Å²) >= 11 is 1.70. The first-order valence-corrected chi connectivity index (χ1v) is 8.99. The maximum absolute atomic E-state index is 4.73. The largest absolute Gasteiger partial charge is 0.356 e. The van der Waals surface area contributed by atoms with Gasteiger partial charge in [0.15, 0.2) is 5.96 Å². The topological polar surface area (TPSA) is 49.3 Å². The lowest BCUT2D eigenvalue weighted by atomic mass is 10.2. The third-order valence-electron chi connectivity index (χ3n) is 3.74. The minimum Gasteiger partial charge on any atom is -0.356 e. The predicted octanol–water partition coefficient (Wildman–Crippen LogP) is 3.62. The first kappa shape index (κ1) is 17.5. The molecule has 5 heteroatoms. The van der Waals surface area contributed by atoms with Crippen LogP contribution in [0.2, 0.25) is 0 Å². The van der Waals surface area contributed by atoms with Gasteiger partial charge in [-0.05, 0) is 20.3 Å². The third kappa shape index (κ3) is 5.36. The van der Waals surface area contributed by atoms with E-state index >= 15 is 0 Å². The van der Waals surface area contributed by atoms with Crippen LogP contribution in [0.5, 0.6) is 0 Å². The molecule has 1 aromatic carbocycles. The number of benzene rings is 1. The van der Waals surface area contributed by atoms with Gasteiger partial charge in [-0.1, -0.05) is 36.8 Å². The van der Waals surface area contributed by atoms with E-state index in [0.29, 0.717) is 6.04 Å². The summed E-state index contributed by atoms with van der Waals surface area (Å²) in [6.07, 6.45) is 1.97. The van der Waals surface area contributed by atoms with Gasteiger partial charge in [0, 0.05) is 37.0 Å². The zero-order chi connectivity index (χ0) is 16.7. The molecule has 2 N–H and O–H groups in total. The zero-order valence-corrected chi connectivity index (χ0v) is 15.2. The number of guanidine groups is 1. The van der Waals surface area contributed by atoms with Crippen molar-refractivity contribution in [2.24, 2.45) is 4.99 Å². The molecule has 0 saturated heterocycles. The van der Waals surface area contributed by atoms with Crippen molar-refractivity contribution in [1.29, 1.82) is 0 Å². The Balaban J connectivity index is 1.86.